The molecule has 4 heteroatoms. The van der Waals surface area contributed by atoms with Crippen molar-refractivity contribution < 1.29 is 4.79 Å². The van der Waals surface area contributed by atoms with Gasteiger partial charge in [-0.1, -0.05) is 11.6 Å². The Labute approximate surface area is 125 Å². The average molecular weight is 293 g/mol. The van der Waals surface area contributed by atoms with Crippen LogP contribution >= 0.6 is 11.6 Å². The molecule has 0 radical (unpaired) electrons. The van der Waals surface area contributed by atoms with Crippen LogP contribution in [0.15, 0.2) is 18.2 Å². The number of halogens is 1. The van der Waals surface area contributed by atoms with E-state index in [1.807, 2.05) is 18.2 Å². The Morgan fingerprint density at radius 1 is 1.25 bits per heavy atom. The SMILES string of the molecule is CC(=O)c1ccc(N2CCC(N3CCCC3)C2)cc1Cl. The quantitative estimate of drug-likeness (QED) is 0.799. The summed E-state index contributed by atoms with van der Waals surface area (Å²) in [6.45, 7) is 6.22. The van der Waals surface area contributed by atoms with Gasteiger partial charge in [0.15, 0.2) is 5.78 Å². The summed E-state index contributed by atoms with van der Waals surface area (Å²) in [5, 5.41) is 0.569. The van der Waals surface area contributed by atoms with E-state index in [1.54, 1.807) is 6.92 Å². The molecule has 108 valence electrons. The minimum absolute atomic E-state index is 0.0258. The number of Topliss-reactive ketones (excluding diaryl/α,β-unsaturated/α-hetero) is 1. The molecular weight excluding hydrogens is 272 g/mol. The number of carbonyl (C=O) groups is 1. The standard InChI is InChI=1S/C16H21ClN2O/c1-12(20)15-5-4-13(10-16(15)17)19-9-6-14(11-19)18-7-2-3-8-18/h4-5,10,14H,2-3,6-9,11H2,1H3. The van der Waals surface area contributed by atoms with Gasteiger partial charge in [0, 0.05) is 30.4 Å². The smallest absolute Gasteiger partial charge is 0.161 e. The molecule has 2 saturated heterocycles. The molecule has 0 aromatic heterocycles. The number of anilines is 1. The molecule has 2 aliphatic rings. The van der Waals surface area contributed by atoms with Crippen molar-refractivity contribution in [3.63, 3.8) is 0 Å². The zero-order valence-electron chi connectivity index (χ0n) is 11.9. The van der Waals surface area contributed by atoms with Crippen LogP contribution in [0.4, 0.5) is 5.69 Å². The van der Waals surface area contributed by atoms with E-state index in [-0.39, 0.29) is 5.78 Å². The normalized spacial score (nSPS) is 23.5. The minimum atomic E-state index is 0.0258. The van der Waals surface area contributed by atoms with Gasteiger partial charge >= 0.3 is 0 Å². The number of likely N-dealkylation sites (tertiary alicyclic amines) is 1. The summed E-state index contributed by atoms with van der Waals surface area (Å²) in [4.78, 5) is 16.4. The van der Waals surface area contributed by atoms with Gasteiger partial charge in [0.05, 0.1) is 5.02 Å². The fourth-order valence-electron chi connectivity index (χ4n) is 3.37. The fourth-order valence-corrected chi connectivity index (χ4v) is 3.68. The summed E-state index contributed by atoms with van der Waals surface area (Å²) >= 11 is 6.21. The van der Waals surface area contributed by atoms with Gasteiger partial charge in [-0.2, -0.15) is 0 Å². The Morgan fingerprint density at radius 3 is 2.65 bits per heavy atom. The highest BCUT2D eigenvalue weighted by Crippen LogP contribution is 2.29. The molecule has 0 N–H and O–H groups in total. The van der Waals surface area contributed by atoms with Gasteiger partial charge < -0.3 is 4.90 Å². The van der Waals surface area contributed by atoms with Gasteiger partial charge in [0.25, 0.3) is 0 Å². The number of hydrogen-bond acceptors (Lipinski definition) is 3. The molecule has 0 spiro atoms. The first-order valence-electron chi connectivity index (χ1n) is 7.44. The summed E-state index contributed by atoms with van der Waals surface area (Å²) < 4.78 is 0. The largest absolute Gasteiger partial charge is 0.370 e. The van der Waals surface area contributed by atoms with Crippen LogP contribution in [0.25, 0.3) is 0 Å². The van der Waals surface area contributed by atoms with Gasteiger partial charge in [0.1, 0.15) is 0 Å². The molecule has 0 aliphatic carbocycles. The van der Waals surface area contributed by atoms with Gasteiger partial charge in [-0.25, -0.2) is 0 Å². The van der Waals surface area contributed by atoms with Crippen molar-refractivity contribution in [1.29, 1.82) is 0 Å². The van der Waals surface area contributed by atoms with E-state index in [2.05, 4.69) is 9.80 Å². The topological polar surface area (TPSA) is 23.6 Å². The Kier molecular flexibility index (Phi) is 3.99. The van der Waals surface area contributed by atoms with Crippen molar-refractivity contribution in [2.45, 2.75) is 32.2 Å². The first-order valence-corrected chi connectivity index (χ1v) is 7.82. The lowest BCUT2D eigenvalue weighted by Gasteiger charge is -2.24. The van der Waals surface area contributed by atoms with Gasteiger partial charge in [-0.3, -0.25) is 9.69 Å². The van der Waals surface area contributed by atoms with Crippen molar-refractivity contribution in [1.82, 2.24) is 4.90 Å². The second-order valence-corrected chi connectivity index (χ2v) is 6.26. The second kappa shape index (κ2) is 5.74. The van der Waals surface area contributed by atoms with Crippen LogP contribution in [0, 0.1) is 0 Å². The van der Waals surface area contributed by atoms with Crippen LogP contribution in [-0.4, -0.2) is 42.9 Å². The molecule has 0 bridgehead atoms. The van der Waals surface area contributed by atoms with Crippen molar-refractivity contribution in [3.8, 4) is 0 Å². The third-order valence-corrected chi connectivity index (χ3v) is 4.83. The summed E-state index contributed by atoms with van der Waals surface area (Å²) in [6, 6.07) is 6.49. The van der Waals surface area contributed by atoms with Crippen molar-refractivity contribution in [2.75, 3.05) is 31.1 Å². The summed E-state index contributed by atoms with van der Waals surface area (Å²) in [5.41, 5.74) is 1.76. The van der Waals surface area contributed by atoms with Gasteiger partial charge in [-0.15, -0.1) is 0 Å². The lowest BCUT2D eigenvalue weighted by atomic mass is 10.1. The molecule has 1 aromatic carbocycles. The van der Waals surface area contributed by atoms with Crippen molar-refractivity contribution in [2.24, 2.45) is 0 Å². The first-order chi connectivity index (χ1) is 9.65. The Morgan fingerprint density at radius 2 is 2.00 bits per heavy atom. The zero-order chi connectivity index (χ0) is 14.1. The van der Waals surface area contributed by atoms with E-state index in [1.165, 1.54) is 32.4 Å². The number of hydrogen-bond donors (Lipinski definition) is 0. The maximum Gasteiger partial charge on any atom is 0.161 e. The van der Waals surface area contributed by atoms with E-state index in [0.29, 0.717) is 16.6 Å². The van der Waals surface area contributed by atoms with Crippen LogP contribution < -0.4 is 4.90 Å². The van der Waals surface area contributed by atoms with Crippen LogP contribution in [0.3, 0.4) is 0 Å². The molecule has 20 heavy (non-hydrogen) atoms. The monoisotopic (exact) mass is 292 g/mol. The van der Waals surface area contributed by atoms with E-state index < -0.39 is 0 Å². The van der Waals surface area contributed by atoms with Crippen LogP contribution in [0.5, 0.6) is 0 Å². The fraction of sp³-hybridized carbons (Fsp3) is 0.562. The highest BCUT2D eigenvalue weighted by atomic mass is 35.5. The summed E-state index contributed by atoms with van der Waals surface area (Å²) in [6.07, 6.45) is 3.91. The first kappa shape index (κ1) is 13.9. The number of carbonyl (C=O) groups excluding carboxylic acids is 1. The molecule has 2 fully saturated rings. The third-order valence-electron chi connectivity index (χ3n) is 4.52. The van der Waals surface area contributed by atoms with Crippen molar-refractivity contribution in [3.05, 3.63) is 28.8 Å². The second-order valence-electron chi connectivity index (χ2n) is 5.85. The maximum absolute atomic E-state index is 11.4. The lowest BCUT2D eigenvalue weighted by Crippen LogP contribution is -2.35. The molecular formula is C16H21ClN2O. The minimum Gasteiger partial charge on any atom is -0.370 e. The molecule has 2 aliphatic heterocycles. The highest BCUT2D eigenvalue weighted by Gasteiger charge is 2.29. The predicted octanol–water partition coefficient (Wildman–Crippen LogP) is 3.22. The van der Waals surface area contributed by atoms with E-state index in [0.717, 1.165) is 18.8 Å². The molecule has 2 heterocycles. The zero-order valence-corrected chi connectivity index (χ0v) is 12.7. The van der Waals surface area contributed by atoms with Crippen LogP contribution in [0.2, 0.25) is 5.02 Å². The molecule has 1 atom stereocenters. The number of benzene rings is 1. The average Bonchev–Trinajstić information content (AvgIpc) is 3.09. The lowest BCUT2D eigenvalue weighted by molar-refractivity contribution is 0.101. The Bertz CT molecular complexity index is 511. The molecule has 1 unspecified atom stereocenters. The van der Waals surface area contributed by atoms with Gasteiger partial charge in [-0.05, 0) is 57.5 Å². The van der Waals surface area contributed by atoms with Crippen LogP contribution in [0.1, 0.15) is 36.5 Å². The highest BCUT2D eigenvalue weighted by molar-refractivity contribution is 6.34. The molecule has 3 nitrogen and oxygen atoms in total. The molecule has 0 amide bonds. The van der Waals surface area contributed by atoms with E-state index in [9.17, 15) is 4.79 Å². The number of nitrogens with zero attached hydrogens (tertiary/aromatic N) is 2. The van der Waals surface area contributed by atoms with Gasteiger partial charge in [0.2, 0.25) is 0 Å². The number of rotatable bonds is 3. The number of ketones is 1. The third kappa shape index (κ3) is 2.70. The summed E-state index contributed by atoms with van der Waals surface area (Å²) in [5.74, 6) is 0.0258. The van der Waals surface area contributed by atoms with Crippen LogP contribution in [-0.2, 0) is 0 Å². The predicted molar refractivity (Wildman–Crippen MR) is 82.9 cm³/mol. The molecule has 0 saturated carbocycles. The maximum atomic E-state index is 11.4. The Hall–Kier alpha value is -1.06. The summed E-state index contributed by atoms with van der Waals surface area (Å²) in [7, 11) is 0. The Balaban J connectivity index is 1.71. The van der Waals surface area contributed by atoms with Crippen molar-refractivity contribution >= 4 is 23.1 Å². The van der Waals surface area contributed by atoms with E-state index in [4.69, 9.17) is 11.6 Å². The molecule has 1 aromatic rings. The molecule has 3 rings (SSSR count). The van der Waals surface area contributed by atoms with E-state index >= 15 is 0 Å².